The summed E-state index contributed by atoms with van der Waals surface area (Å²) in [6.07, 6.45) is 1.80. The Morgan fingerprint density at radius 3 is 2.10 bits per heavy atom. The van der Waals surface area contributed by atoms with E-state index in [-0.39, 0.29) is 24.3 Å². The molecule has 0 aliphatic carbocycles. The quantitative estimate of drug-likeness (QED) is 0.512. The van der Waals surface area contributed by atoms with E-state index in [0.29, 0.717) is 42.1 Å². The van der Waals surface area contributed by atoms with Gasteiger partial charge >= 0.3 is 0 Å². The number of benzene rings is 2. The lowest BCUT2D eigenvalue weighted by Gasteiger charge is -2.21. The number of hydrogen-bond donors (Lipinski definition) is 3. The third kappa shape index (κ3) is 7.44. The first-order valence-electron chi connectivity index (χ1n) is 10.8. The maximum Gasteiger partial charge on any atom is 0.253 e. The van der Waals surface area contributed by atoms with Gasteiger partial charge in [0.05, 0.1) is 6.54 Å². The van der Waals surface area contributed by atoms with Crippen LogP contribution in [0.5, 0.6) is 0 Å². The molecule has 166 valence electrons. The van der Waals surface area contributed by atoms with Gasteiger partial charge in [-0.2, -0.15) is 0 Å². The second-order valence-corrected chi connectivity index (χ2v) is 7.21. The Kier molecular flexibility index (Phi) is 9.55. The zero-order valence-corrected chi connectivity index (χ0v) is 18.5. The summed E-state index contributed by atoms with van der Waals surface area (Å²) in [7, 11) is 0. The summed E-state index contributed by atoms with van der Waals surface area (Å²) >= 11 is 0. The summed E-state index contributed by atoms with van der Waals surface area (Å²) in [5, 5.41) is 8.59. The highest BCUT2D eigenvalue weighted by Gasteiger charge is 2.15. The molecule has 3 amide bonds. The fourth-order valence-corrected chi connectivity index (χ4v) is 3.19. The van der Waals surface area contributed by atoms with E-state index < -0.39 is 0 Å². The van der Waals surface area contributed by atoms with Crippen LogP contribution in [0.3, 0.4) is 0 Å². The average molecular weight is 425 g/mol. The van der Waals surface area contributed by atoms with E-state index in [2.05, 4.69) is 16.0 Å². The molecule has 31 heavy (non-hydrogen) atoms. The van der Waals surface area contributed by atoms with E-state index in [1.165, 1.54) is 0 Å². The monoisotopic (exact) mass is 424 g/mol. The molecule has 0 aromatic heterocycles. The third-order valence-electron chi connectivity index (χ3n) is 4.58. The summed E-state index contributed by atoms with van der Waals surface area (Å²) in [5.74, 6) is -0.427. The number of rotatable bonds is 11. The van der Waals surface area contributed by atoms with Crippen LogP contribution in [0.2, 0.25) is 0 Å². The van der Waals surface area contributed by atoms with Crippen molar-refractivity contribution in [1.29, 1.82) is 0 Å². The smallest absolute Gasteiger partial charge is 0.253 e. The molecular formula is C24H32N4O3. The molecule has 2 aromatic carbocycles. The Labute approximate surface area is 184 Å². The highest BCUT2D eigenvalue weighted by molar-refractivity contribution is 5.98. The van der Waals surface area contributed by atoms with E-state index in [1.54, 1.807) is 48.5 Å². The molecule has 0 unspecified atom stereocenters. The van der Waals surface area contributed by atoms with Crippen LogP contribution in [0.25, 0.3) is 0 Å². The molecule has 2 rings (SSSR count). The minimum absolute atomic E-state index is 0.0277. The van der Waals surface area contributed by atoms with Crippen LogP contribution < -0.4 is 16.0 Å². The van der Waals surface area contributed by atoms with E-state index in [9.17, 15) is 14.4 Å². The molecule has 7 heteroatoms. The van der Waals surface area contributed by atoms with Gasteiger partial charge in [-0.25, -0.2) is 0 Å². The molecule has 0 fully saturated rings. The Hall–Kier alpha value is -3.35. The fraction of sp³-hybridized carbons (Fsp3) is 0.375. The first-order chi connectivity index (χ1) is 15.0. The summed E-state index contributed by atoms with van der Waals surface area (Å²) in [5.41, 5.74) is 2.34. The minimum Gasteiger partial charge on any atom is -0.376 e. The van der Waals surface area contributed by atoms with E-state index in [4.69, 9.17) is 0 Å². The Bertz CT molecular complexity index is 892. The van der Waals surface area contributed by atoms with Crippen molar-refractivity contribution in [2.45, 2.75) is 33.6 Å². The number of amides is 3. The summed E-state index contributed by atoms with van der Waals surface area (Å²) < 4.78 is 0. The Morgan fingerprint density at radius 2 is 1.45 bits per heavy atom. The van der Waals surface area contributed by atoms with Crippen LogP contribution in [0.1, 0.15) is 54.3 Å². The van der Waals surface area contributed by atoms with Gasteiger partial charge in [-0.15, -0.1) is 0 Å². The molecule has 2 aromatic rings. The zero-order chi connectivity index (χ0) is 22.6. The molecule has 0 atom stereocenters. The number of carbonyl (C=O) groups is 3. The molecule has 0 spiro atoms. The number of anilines is 2. The molecule has 0 aliphatic heterocycles. The lowest BCUT2D eigenvalue weighted by molar-refractivity contribution is -0.114. The highest BCUT2D eigenvalue weighted by atomic mass is 16.2. The number of nitrogens with one attached hydrogen (secondary N) is 3. The SMILES string of the molecule is CCCN(CCC)C(=O)c1cccc(NC(=O)CNc2cccc(C(=O)NCC)c2)c1. The van der Waals surface area contributed by atoms with Gasteiger partial charge in [-0.3, -0.25) is 14.4 Å². The van der Waals surface area contributed by atoms with Crippen molar-refractivity contribution < 1.29 is 14.4 Å². The zero-order valence-electron chi connectivity index (χ0n) is 18.5. The molecule has 0 heterocycles. The maximum atomic E-state index is 12.8. The molecule has 7 nitrogen and oxygen atoms in total. The summed E-state index contributed by atoms with van der Waals surface area (Å²) in [6, 6.07) is 14.0. The van der Waals surface area contributed by atoms with Crippen molar-refractivity contribution in [2.75, 3.05) is 36.8 Å². The minimum atomic E-state index is -0.244. The number of hydrogen-bond acceptors (Lipinski definition) is 4. The Morgan fingerprint density at radius 1 is 0.839 bits per heavy atom. The van der Waals surface area contributed by atoms with Crippen LogP contribution in [-0.4, -0.2) is 48.8 Å². The van der Waals surface area contributed by atoms with Gasteiger partial charge < -0.3 is 20.9 Å². The molecular weight excluding hydrogens is 392 g/mol. The predicted molar refractivity (Wildman–Crippen MR) is 124 cm³/mol. The van der Waals surface area contributed by atoms with E-state index >= 15 is 0 Å². The van der Waals surface area contributed by atoms with Crippen LogP contribution >= 0.6 is 0 Å². The van der Waals surface area contributed by atoms with Crippen molar-refractivity contribution in [1.82, 2.24) is 10.2 Å². The van der Waals surface area contributed by atoms with Gasteiger partial charge in [-0.1, -0.05) is 26.0 Å². The molecule has 0 saturated carbocycles. The van der Waals surface area contributed by atoms with Gasteiger partial charge in [0.2, 0.25) is 5.91 Å². The van der Waals surface area contributed by atoms with Gasteiger partial charge in [0.15, 0.2) is 0 Å². The fourth-order valence-electron chi connectivity index (χ4n) is 3.19. The second-order valence-electron chi connectivity index (χ2n) is 7.21. The first kappa shape index (κ1) is 23.9. The predicted octanol–water partition coefficient (Wildman–Crippen LogP) is 3.75. The van der Waals surface area contributed by atoms with Crippen LogP contribution in [0.4, 0.5) is 11.4 Å². The standard InChI is InChI=1S/C24H32N4O3/c1-4-13-28(14-5-2)24(31)19-10-8-12-21(16-19)27-22(29)17-26-20-11-7-9-18(15-20)23(30)25-6-3/h7-12,15-16,26H,4-6,13-14,17H2,1-3H3,(H,25,30)(H,27,29). The number of carbonyl (C=O) groups excluding carboxylic acids is 3. The highest BCUT2D eigenvalue weighted by Crippen LogP contribution is 2.14. The largest absolute Gasteiger partial charge is 0.376 e. The normalized spacial score (nSPS) is 10.3. The molecule has 3 N–H and O–H groups in total. The Balaban J connectivity index is 1.97. The second kappa shape index (κ2) is 12.4. The van der Waals surface area contributed by atoms with Crippen molar-refractivity contribution >= 4 is 29.1 Å². The lowest BCUT2D eigenvalue weighted by Crippen LogP contribution is -2.32. The maximum absolute atomic E-state index is 12.8. The molecule has 0 saturated heterocycles. The lowest BCUT2D eigenvalue weighted by atomic mass is 10.1. The van der Waals surface area contributed by atoms with Crippen LogP contribution in [-0.2, 0) is 4.79 Å². The van der Waals surface area contributed by atoms with E-state index in [0.717, 1.165) is 12.8 Å². The first-order valence-corrected chi connectivity index (χ1v) is 10.8. The topological polar surface area (TPSA) is 90.5 Å². The van der Waals surface area contributed by atoms with Crippen molar-refractivity contribution in [3.8, 4) is 0 Å². The van der Waals surface area contributed by atoms with Gasteiger partial charge in [0, 0.05) is 42.1 Å². The van der Waals surface area contributed by atoms with Gasteiger partial charge in [0.25, 0.3) is 11.8 Å². The van der Waals surface area contributed by atoms with Crippen molar-refractivity contribution in [3.63, 3.8) is 0 Å². The van der Waals surface area contributed by atoms with Crippen molar-refractivity contribution in [2.24, 2.45) is 0 Å². The summed E-state index contributed by atoms with van der Waals surface area (Å²) in [4.78, 5) is 38.9. The van der Waals surface area contributed by atoms with Crippen LogP contribution in [0.15, 0.2) is 48.5 Å². The molecule has 0 radical (unpaired) electrons. The van der Waals surface area contributed by atoms with Gasteiger partial charge in [-0.05, 0) is 56.2 Å². The van der Waals surface area contributed by atoms with E-state index in [1.807, 2.05) is 25.7 Å². The average Bonchev–Trinajstić information content (AvgIpc) is 2.77. The molecule has 0 aliphatic rings. The molecule has 0 bridgehead atoms. The summed E-state index contributed by atoms with van der Waals surface area (Å²) in [6.45, 7) is 7.96. The third-order valence-corrected chi connectivity index (χ3v) is 4.58. The number of nitrogens with zero attached hydrogens (tertiary/aromatic N) is 1. The van der Waals surface area contributed by atoms with Crippen molar-refractivity contribution in [3.05, 3.63) is 59.7 Å². The van der Waals surface area contributed by atoms with Gasteiger partial charge in [0.1, 0.15) is 0 Å². The van der Waals surface area contributed by atoms with Crippen LogP contribution in [0, 0.1) is 0 Å².